The monoisotopic (exact) mass is 185 g/mol. The summed E-state index contributed by atoms with van der Waals surface area (Å²) in [7, 11) is 0. The average Bonchev–Trinajstić information content (AvgIpc) is 1.95. The minimum Gasteiger partial charge on any atom is -0.389 e. The van der Waals surface area contributed by atoms with Crippen LogP contribution in [0.3, 0.4) is 0 Å². The van der Waals surface area contributed by atoms with Crippen molar-refractivity contribution in [1.82, 2.24) is 4.90 Å². The number of β-amino-alcohol motifs (C(OH)–C–C–N with tert-alkyl or cyclic N) is 1. The van der Waals surface area contributed by atoms with Gasteiger partial charge >= 0.3 is 0 Å². The van der Waals surface area contributed by atoms with Gasteiger partial charge in [-0.1, -0.05) is 20.8 Å². The molecule has 0 aromatic rings. The Bertz CT molecular complexity index is 207. The summed E-state index contributed by atoms with van der Waals surface area (Å²) in [4.78, 5) is 13.4. The van der Waals surface area contributed by atoms with E-state index < -0.39 is 0 Å². The van der Waals surface area contributed by atoms with Gasteiger partial charge in [-0.05, 0) is 12.3 Å². The standard InChI is InChI=1S/C10H19NO2/c1-7-8(12)6-11(7)9(13)5-10(2,3)4/h7-8,12H,5-6H2,1-4H3. The Morgan fingerprint density at radius 3 is 2.38 bits per heavy atom. The molecule has 3 nitrogen and oxygen atoms in total. The molecule has 1 aliphatic heterocycles. The number of hydrogen-bond acceptors (Lipinski definition) is 2. The van der Waals surface area contributed by atoms with Crippen LogP contribution in [0.25, 0.3) is 0 Å². The number of aliphatic hydroxyl groups excluding tert-OH is 1. The second kappa shape index (κ2) is 3.29. The fraction of sp³-hybridized carbons (Fsp3) is 0.900. The number of carbonyl (C=O) groups is 1. The fourth-order valence-electron chi connectivity index (χ4n) is 1.47. The maximum atomic E-state index is 11.6. The SMILES string of the molecule is CC1C(O)CN1C(=O)CC(C)(C)C. The van der Waals surface area contributed by atoms with E-state index >= 15 is 0 Å². The third kappa shape index (κ3) is 2.44. The van der Waals surface area contributed by atoms with Gasteiger partial charge in [0.1, 0.15) is 0 Å². The zero-order chi connectivity index (χ0) is 10.2. The Balaban J connectivity index is 2.42. The van der Waals surface area contributed by atoms with E-state index in [2.05, 4.69) is 0 Å². The van der Waals surface area contributed by atoms with Crippen molar-refractivity contribution >= 4 is 5.91 Å². The van der Waals surface area contributed by atoms with E-state index in [9.17, 15) is 9.90 Å². The minimum atomic E-state index is -0.316. The van der Waals surface area contributed by atoms with Gasteiger partial charge in [-0.25, -0.2) is 0 Å². The lowest BCUT2D eigenvalue weighted by Crippen LogP contribution is -2.61. The van der Waals surface area contributed by atoms with Crippen LogP contribution in [-0.2, 0) is 4.79 Å². The molecule has 13 heavy (non-hydrogen) atoms. The highest BCUT2D eigenvalue weighted by Gasteiger charge is 2.37. The second-order valence-corrected chi connectivity index (χ2v) is 5.09. The number of hydrogen-bond donors (Lipinski definition) is 1. The van der Waals surface area contributed by atoms with Crippen LogP contribution in [0.1, 0.15) is 34.1 Å². The molecule has 0 aliphatic carbocycles. The zero-order valence-electron chi connectivity index (χ0n) is 8.87. The first kappa shape index (κ1) is 10.5. The Morgan fingerprint density at radius 1 is 1.54 bits per heavy atom. The van der Waals surface area contributed by atoms with Crippen LogP contribution in [0.2, 0.25) is 0 Å². The highest BCUT2D eigenvalue weighted by molar-refractivity contribution is 5.78. The molecule has 0 spiro atoms. The van der Waals surface area contributed by atoms with Gasteiger partial charge in [0.25, 0.3) is 0 Å². The van der Waals surface area contributed by atoms with Crippen molar-refractivity contribution in [2.45, 2.75) is 46.3 Å². The first-order chi connectivity index (χ1) is 5.81. The summed E-state index contributed by atoms with van der Waals surface area (Å²) in [6.45, 7) is 8.54. The summed E-state index contributed by atoms with van der Waals surface area (Å²) in [5.41, 5.74) is 0.0390. The van der Waals surface area contributed by atoms with Crippen molar-refractivity contribution in [3.8, 4) is 0 Å². The van der Waals surface area contributed by atoms with Crippen LogP contribution in [0.5, 0.6) is 0 Å². The Hall–Kier alpha value is -0.570. The van der Waals surface area contributed by atoms with Crippen LogP contribution in [0.4, 0.5) is 0 Å². The molecule has 1 N–H and O–H groups in total. The maximum absolute atomic E-state index is 11.6. The molecule has 0 saturated carbocycles. The molecule has 1 aliphatic rings. The fourth-order valence-corrected chi connectivity index (χ4v) is 1.47. The number of amides is 1. The average molecular weight is 185 g/mol. The van der Waals surface area contributed by atoms with Crippen LogP contribution in [-0.4, -0.2) is 34.6 Å². The summed E-state index contributed by atoms with van der Waals surface area (Å²) >= 11 is 0. The first-order valence-electron chi connectivity index (χ1n) is 4.79. The molecule has 76 valence electrons. The predicted molar refractivity (Wildman–Crippen MR) is 51.3 cm³/mol. The van der Waals surface area contributed by atoms with Gasteiger partial charge in [-0.2, -0.15) is 0 Å². The highest BCUT2D eigenvalue weighted by atomic mass is 16.3. The maximum Gasteiger partial charge on any atom is 0.223 e. The topological polar surface area (TPSA) is 40.5 Å². The van der Waals surface area contributed by atoms with E-state index in [1.807, 2.05) is 27.7 Å². The van der Waals surface area contributed by atoms with Crippen LogP contribution in [0, 0.1) is 5.41 Å². The molecule has 2 unspecified atom stereocenters. The lowest BCUT2D eigenvalue weighted by molar-refractivity contribution is -0.150. The van der Waals surface area contributed by atoms with Crippen molar-refractivity contribution < 1.29 is 9.90 Å². The zero-order valence-corrected chi connectivity index (χ0v) is 8.87. The molecule has 0 aromatic heterocycles. The van der Waals surface area contributed by atoms with E-state index in [0.717, 1.165) is 0 Å². The smallest absolute Gasteiger partial charge is 0.223 e. The Kier molecular flexibility index (Phi) is 2.66. The van der Waals surface area contributed by atoms with Crippen LogP contribution in [0.15, 0.2) is 0 Å². The van der Waals surface area contributed by atoms with Crippen molar-refractivity contribution in [2.75, 3.05) is 6.54 Å². The number of likely N-dealkylation sites (tertiary alicyclic amines) is 1. The summed E-state index contributed by atoms with van der Waals surface area (Å²) < 4.78 is 0. The summed E-state index contributed by atoms with van der Waals surface area (Å²) in [5, 5.41) is 9.24. The molecule has 1 amide bonds. The summed E-state index contributed by atoms with van der Waals surface area (Å²) in [5.74, 6) is 0.158. The normalized spacial score (nSPS) is 28.5. The van der Waals surface area contributed by atoms with E-state index in [1.165, 1.54) is 0 Å². The van der Waals surface area contributed by atoms with Crippen molar-refractivity contribution in [2.24, 2.45) is 5.41 Å². The van der Waals surface area contributed by atoms with Gasteiger partial charge < -0.3 is 10.0 Å². The molecule has 1 heterocycles. The van der Waals surface area contributed by atoms with Gasteiger partial charge in [0, 0.05) is 13.0 Å². The summed E-state index contributed by atoms with van der Waals surface area (Å²) in [6, 6.07) is 0.00912. The number of carbonyl (C=O) groups excluding carboxylic acids is 1. The van der Waals surface area contributed by atoms with Gasteiger partial charge in [0.2, 0.25) is 5.91 Å². The third-order valence-corrected chi connectivity index (χ3v) is 2.43. The molecular weight excluding hydrogens is 166 g/mol. The predicted octanol–water partition coefficient (Wildman–Crippen LogP) is 1.01. The number of aliphatic hydroxyl groups is 1. The van der Waals surface area contributed by atoms with Gasteiger partial charge in [-0.15, -0.1) is 0 Å². The summed E-state index contributed by atoms with van der Waals surface area (Å²) in [6.07, 6.45) is 0.244. The molecule has 1 fully saturated rings. The van der Waals surface area contributed by atoms with Gasteiger partial charge in [0.15, 0.2) is 0 Å². The quantitative estimate of drug-likeness (QED) is 0.662. The first-order valence-corrected chi connectivity index (χ1v) is 4.79. The second-order valence-electron chi connectivity index (χ2n) is 5.09. The molecule has 0 aromatic carbocycles. The van der Waals surface area contributed by atoms with Crippen LogP contribution < -0.4 is 0 Å². The molecule has 3 heteroatoms. The van der Waals surface area contributed by atoms with E-state index in [-0.39, 0.29) is 23.5 Å². The molecule has 0 bridgehead atoms. The van der Waals surface area contributed by atoms with Crippen molar-refractivity contribution in [3.05, 3.63) is 0 Å². The van der Waals surface area contributed by atoms with Gasteiger partial charge in [0.05, 0.1) is 12.1 Å². The third-order valence-electron chi connectivity index (χ3n) is 2.43. The molecular formula is C10H19NO2. The highest BCUT2D eigenvalue weighted by Crippen LogP contribution is 2.24. The molecule has 1 rings (SSSR count). The van der Waals surface area contributed by atoms with E-state index in [4.69, 9.17) is 0 Å². The van der Waals surface area contributed by atoms with E-state index in [0.29, 0.717) is 13.0 Å². The van der Waals surface area contributed by atoms with Crippen LogP contribution >= 0.6 is 0 Å². The Morgan fingerprint density at radius 2 is 2.08 bits per heavy atom. The molecule has 1 saturated heterocycles. The van der Waals surface area contributed by atoms with E-state index in [1.54, 1.807) is 4.90 Å². The number of nitrogens with zero attached hydrogens (tertiary/aromatic N) is 1. The lowest BCUT2D eigenvalue weighted by Gasteiger charge is -2.44. The Labute approximate surface area is 79.7 Å². The van der Waals surface area contributed by atoms with Crippen molar-refractivity contribution in [1.29, 1.82) is 0 Å². The number of rotatable bonds is 1. The molecule has 0 radical (unpaired) electrons. The molecule has 2 atom stereocenters. The van der Waals surface area contributed by atoms with Crippen molar-refractivity contribution in [3.63, 3.8) is 0 Å². The lowest BCUT2D eigenvalue weighted by atomic mass is 9.89. The minimum absolute atomic E-state index is 0.00912. The largest absolute Gasteiger partial charge is 0.389 e. The van der Waals surface area contributed by atoms with Gasteiger partial charge in [-0.3, -0.25) is 4.79 Å².